The van der Waals surface area contributed by atoms with Crippen LogP contribution < -0.4 is 40.3 Å². The first-order valence-corrected chi connectivity index (χ1v) is 32.2. The van der Waals surface area contributed by atoms with Crippen LogP contribution in [0.4, 0.5) is 39.8 Å². The second-order valence-corrected chi connectivity index (χ2v) is 23.9. The third-order valence-corrected chi connectivity index (χ3v) is 13.8. The molecule has 7 aromatic rings. The minimum absolute atomic E-state index is 0.977. The minimum Gasteiger partial charge on any atom is -0.378 e. The van der Waals surface area contributed by atoms with E-state index in [1.807, 2.05) is 223 Å². The highest BCUT2D eigenvalue weighted by Crippen LogP contribution is 2.21. The summed E-state index contributed by atoms with van der Waals surface area (Å²) >= 11 is 0. The molecule has 0 saturated heterocycles. The maximum atomic E-state index is 4.97. The van der Waals surface area contributed by atoms with E-state index in [-0.39, 0.29) is 0 Å². The molecular formula is C79H114N16. The van der Waals surface area contributed by atoms with Crippen molar-refractivity contribution >= 4 is 88.1 Å². The van der Waals surface area contributed by atoms with Gasteiger partial charge in [0.15, 0.2) is 0 Å². The van der Waals surface area contributed by atoms with Crippen LogP contribution in [0.3, 0.4) is 0 Å². The number of allylic oxidation sites excluding steroid dienone is 3. The Bertz CT molecular complexity index is 3320. The molecule has 0 aliphatic carbocycles. The largest absolute Gasteiger partial charge is 0.378 e. The van der Waals surface area contributed by atoms with Crippen LogP contribution in [-0.4, -0.2) is 179 Å². The van der Waals surface area contributed by atoms with Crippen LogP contribution in [0.1, 0.15) is 79.8 Å². The summed E-state index contributed by atoms with van der Waals surface area (Å²) in [6.45, 7) is 6.48. The highest BCUT2D eigenvalue weighted by Gasteiger charge is 2.10. The van der Waals surface area contributed by atoms with E-state index in [9.17, 15) is 0 Å². The first-order chi connectivity index (χ1) is 45.3. The molecule has 0 spiro atoms. The van der Waals surface area contributed by atoms with Crippen molar-refractivity contribution in [3.05, 3.63) is 228 Å². The van der Waals surface area contributed by atoms with E-state index in [1.165, 1.54) is 65.4 Å². The first kappa shape index (κ1) is 81.0. The Morgan fingerprint density at radius 2 is 0.621 bits per heavy atom. The average molecular weight is 1290 g/mol. The van der Waals surface area contributed by atoms with Gasteiger partial charge in [-0.3, -0.25) is 5.01 Å². The highest BCUT2D eigenvalue weighted by atomic mass is 15.4. The van der Waals surface area contributed by atoms with Crippen LogP contribution in [0, 0.1) is 0 Å². The average Bonchev–Trinajstić information content (AvgIpc) is 1.13. The molecule has 16 nitrogen and oxygen atoms in total. The minimum atomic E-state index is 0.977. The summed E-state index contributed by atoms with van der Waals surface area (Å²) < 4.78 is 0. The molecule has 2 N–H and O–H groups in total. The number of anilines is 7. The Labute approximate surface area is 574 Å². The van der Waals surface area contributed by atoms with E-state index in [0.29, 0.717) is 0 Å². The summed E-state index contributed by atoms with van der Waals surface area (Å²) in [5.74, 6) is 4.97. The molecule has 16 heteroatoms. The molecule has 0 atom stereocenters. The van der Waals surface area contributed by atoms with E-state index < -0.39 is 0 Å². The van der Waals surface area contributed by atoms with Gasteiger partial charge < -0.3 is 50.3 Å². The lowest BCUT2D eigenvalue weighted by atomic mass is 10.0. The zero-order chi connectivity index (χ0) is 70.7. The van der Waals surface area contributed by atoms with Crippen molar-refractivity contribution in [2.45, 2.75) is 46.5 Å². The lowest BCUT2D eigenvalue weighted by molar-refractivity contribution is 0.438. The fraction of sp³-hybridized carbons (Fsp3) is 0.329. The number of benzene rings is 7. The van der Waals surface area contributed by atoms with Gasteiger partial charge in [-0.15, -0.1) is 0 Å². The fourth-order valence-electron chi connectivity index (χ4n) is 8.36. The van der Waals surface area contributed by atoms with Gasteiger partial charge in [-0.25, -0.2) is 0 Å². The van der Waals surface area contributed by atoms with E-state index in [1.54, 1.807) is 23.7 Å². The third kappa shape index (κ3) is 34.4. The van der Waals surface area contributed by atoms with Crippen LogP contribution >= 0.6 is 0 Å². The highest BCUT2D eigenvalue weighted by molar-refractivity contribution is 6.13. The van der Waals surface area contributed by atoms with E-state index in [4.69, 9.17) is 5.84 Å². The molecule has 0 bridgehead atoms. The van der Waals surface area contributed by atoms with Crippen molar-refractivity contribution < 1.29 is 0 Å². The number of hydrazone groups is 5. The summed E-state index contributed by atoms with van der Waals surface area (Å²) in [6, 6.07) is 60.5. The van der Waals surface area contributed by atoms with Crippen molar-refractivity contribution in [2.24, 2.45) is 31.3 Å². The van der Waals surface area contributed by atoms with Gasteiger partial charge in [0.2, 0.25) is 0 Å². The van der Waals surface area contributed by atoms with E-state index in [2.05, 4.69) is 214 Å². The van der Waals surface area contributed by atoms with Crippen molar-refractivity contribution in [3.63, 3.8) is 0 Å². The predicted molar refractivity (Wildman–Crippen MR) is 425 cm³/mol. The summed E-state index contributed by atoms with van der Waals surface area (Å²) in [7, 11) is 37.9. The number of para-hydroxylation sites is 1. The smallest absolute Gasteiger partial charge is 0.0975 e. The molecule has 0 fully saturated rings. The molecule has 0 aromatic heterocycles. The van der Waals surface area contributed by atoms with E-state index in [0.717, 1.165) is 44.9 Å². The molecule has 7 aromatic carbocycles. The Morgan fingerprint density at radius 3 is 0.905 bits per heavy atom. The van der Waals surface area contributed by atoms with Crippen molar-refractivity contribution in [3.8, 4) is 0 Å². The standard InChI is InChI=1S/C19H26N4.C18H21N3.C13H19N3.C12H19N3.C11H15N3.C6H14/c1-21(2)17-11-7-15(8-12-17)19(20-23(5)6)16-9-13-18(14-10-16)22(3)4;1-20(2)17-13-11-16(12-14-17)8-7-15-19-21(3)18-9-5-4-6-10-18;1-15(2)13-9-7-12(8-10-13)6-5-11-14-16(3)4;1-10(13-15(4)5)11-6-8-12(9-7-11)14(2)3;1-14(2)11-7-5-10(6-8-11)4-3-9-13-12;1-3-5-6-4-2/h7-14H,1-6H3;4-15H,1-3H3;5-11H,1-4H3;6-9H,1-5H3;3-9H,12H2,1-2H3;3-6H2,1-2H3. The molecular weight excluding hydrogens is 1170 g/mol. The Kier molecular flexibility index (Phi) is 39.3. The Hall–Kier alpha value is -10.1. The Morgan fingerprint density at radius 1 is 0.326 bits per heavy atom. The molecule has 7 rings (SSSR count). The second-order valence-electron chi connectivity index (χ2n) is 23.9. The fourth-order valence-corrected chi connectivity index (χ4v) is 8.36. The Balaban J connectivity index is 0.000000400. The normalized spacial score (nSPS) is 10.9. The summed E-state index contributed by atoms with van der Waals surface area (Å²) in [4.78, 5) is 12.5. The summed E-state index contributed by atoms with van der Waals surface area (Å²) in [6.07, 6.45) is 22.4. The quantitative estimate of drug-likeness (QED) is 0.0285. The topological polar surface area (TPSA) is 120 Å². The molecule has 0 unspecified atom stereocenters. The summed E-state index contributed by atoms with van der Waals surface area (Å²) in [5.41, 5.74) is 17.1. The molecule has 510 valence electrons. The van der Waals surface area contributed by atoms with Gasteiger partial charge in [0.05, 0.1) is 17.1 Å². The van der Waals surface area contributed by atoms with Gasteiger partial charge >= 0.3 is 0 Å². The molecule has 95 heavy (non-hydrogen) atoms. The van der Waals surface area contributed by atoms with Gasteiger partial charge in [-0.05, 0) is 132 Å². The molecule has 0 radical (unpaired) electrons. The van der Waals surface area contributed by atoms with Crippen molar-refractivity contribution in [2.75, 3.05) is 168 Å². The molecule has 0 amide bonds. The van der Waals surface area contributed by atoms with Gasteiger partial charge in [-0.2, -0.15) is 25.5 Å². The molecule has 0 aliphatic heterocycles. The van der Waals surface area contributed by atoms with E-state index >= 15 is 0 Å². The van der Waals surface area contributed by atoms with Gasteiger partial charge in [0.1, 0.15) is 0 Å². The van der Waals surface area contributed by atoms with Crippen LogP contribution in [0.5, 0.6) is 0 Å². The SMILES string of the molecule is CC(=NN(C)C)c1ccc(N(C)C)cc1.CCCCCC.CN(C)N=C(c1ccc(N(C)C)cc1)c1ccc(N(C)C)cc1.CN(C)N=CC=Cc1ccc(N(C)C)cc1.CN(C)c1ccc(C=CC=NN(C)c2ccccc2)cc1.CN(C)c1ccc(C=CC=NN)cc1. The maximum Gasteiger partial charge on any atom is 0.0975 e. The van der Waals surface area contributed by atoms with Gasteiger partial charge in [-0.1, -0.05) is 149 Å². The summed E-state index contributed by atoms with van der Waals surface area (Å²) in [5, 5.41) is 28.2. The number of rotatable bonds is 23. The molecule has 0 aliphatic rings. The van der Waals surface area contributed by atoms with Gasteiger partial charge in [0, 0.05) is 198 Å². The number of nitrogens with two attached hydrogens (primary N) is 1. The predicted octanol–water partition coefficient (Wildman–Crippen LogP) is 15.7. The second kappa shape index (κ2) is 46.1. The lowest BCUT2D eigenvalue weighted by Crippen LogP contribution is -2.13. The molecule has 0 heterocycles. The number of hydrogen-bond acceptors (Lipinski definition) is 16. The van der Waals surface area contributed by atoms with Crippen LogP contribution in [0.15, 0.2) is 220 Å². The number of nitrogens with zero attached hydrogens (tertiary/aromatic N) is 15. The zero-order valence-electron chi connectivity index (χ0n) is 61.6. The third-order valence-electron chi connectivity index (χ3n) is 13.8. The van der Waals surface area contributed by atoms with Crippen molar-refractivity contribution in [1.82, 2.24) is 15.0 Å². The van der Waals surface area contributed by atoms with Crippen molar-refractivity contribution in [1.29, 1.82) is 0 Å². The monoisotopic (exact) mass is 1290 g/mol. The molecule has 0 saturated carbocycles. The first-order valence-electron chi connectivity index (χ1n) is 32.2. The maximum absolute atomic E-state index is 4.97. The van der Waals surface area contributed by atoms with Crippen LogP contribution in [-0.2, 0) is 0 Å². The zero-order valence-corrected chi connectivity index (χ0v) is 61.6. The lowest BCUT2D eigenvalue weighted by Gasteiger charge is -2.16. The van der Waals surface area contributed by atoms with Crippen LogP contribution in [0.25, 0.3) is 18.2 Å². The van der Waals surface area contributed by atoms with Gasteiger partial charge in [0.25, 0.3) is 0 Å². The number of hydrogen-bond donors (Lipinski definition) is 1. The number of unbranched alkanes of at least 4 members (excludes halogenated alkanes) is 3. The van der Waals surface area contributed by atoms with Crippen LogP contribution in [0.2, 0.25) is 0 Å².